The zero-order valence-corrected chi connectivity index (χ0v) is 20.0. The quantitative estimate of drug-likeness (QED) is 0.308. The zero-order valence-electron chi connectivity index (χ0n) is 20.0. The number of aryl methyl sites for hydroxylation is 1. The van der Waals surface area contributed by atoms with Crippen LogP contribution < -0.4 is 0 Å². The summed E-state index contributed by atoms with van der Waals surface area (Å²) >= 11 is 0. The van der Waals surface area contributed by atoms with E-state index in [1.165, 1.54) is 68.9 Å². The maximum Gasteiger partial charge on any atom is 0.0249 e. The van der Waals surface area contributed by atoms with Gasteiger partial charge in [-0.05, 0) is 104 Å². The van der Waals surface area contributed by atoms with Gasteiger partial charge in [0, 0.05) is 11.1 Å². The second kappa shape index (κ2) is 11.6. The average molecular weight is 425 g/mol. The highest BCUT2D eigenvalue weighted by atomic mass is 14.4. The van der Waals surface area contributed by atoms with Crippen molar-refractivity contribution in [1.29, 1.82) is 0 Å². The molecular weight excluding hydrogens is 384 g/mol. The topological polar surface area (TPSA) is 0 Å². The Bertz CT molecular complexity index is 905. The Morgan fingerprint density at radius 1 is 0.844 bits per heavy atom. The predicted molar refractivity (Wildman–Crippen MR) is 138 cm³/mol. The highest BCUT2D eigenvalue weighted by molar-refractivity contribution is 5.44. The van der Waals surface area contributed by atoms with Crippen molar-refractivity contribution in [2.24, 2.45) is 17.8 Å². The van der Waals surface area contributed by atoms with Crippen molar-refractivity contribution < 1.29 is 0 Å². The zero-order chi connectivity index (χ0) is 22.2. The Hall–Kier alpha value is -2.26. The van der Waals surface area contributed by atoms with Gasteiger partial charge in [-0.15, -0.1) is 6.58 Å². The molecule has 0 aliphatic heterocycles. The first-order valence-electron chi connectivity index (χ1n) is 13.1. The Morgan fingerprint density at radius 3 is 2.19 bits per heavy atom. The molecule has 32 heavy (non-hydrogen) atoms. The number of hydrogen-bond donors (Lipinski definition) is 0. The third kappa shape index (κ3) is 6.16. The number of unbranched alkanes of at least 4 members (excludes halogenated alkanes) is 1. The van der Waals surface area contributed by atoms with E-state index < -0.39 is 0 Å². The van der Waals surface area contributed by atoms with Crippen LogP contribution in [0.2, 0.25) is 0 Å². The number of allylic oxidation sites excluding steroid dienone is 1. The van der Waals surface area contributed by atoms with Crippen LogP contribution in [0.5, 0.6) is 0 Å². The molecule has 168 valence electrons. The van der Waals surface area contributed by atoms with Crippen molar-refractivity contribution in [3.63, 3.8) is 0 Å². The van der Waals surface area contributed by atoms with Crippen LogP contribution >= 0.6 is 0 Å². The summed E-state index contributed by atoms with van der Waals surface area (Å²) in [6.45, 7) is 6.13. The summed E-state index contributed by atoms with van der Waals surface area (Å²) in [5.41, 5.74) is 5.09. The van der Waals surface area contributed by atoms with E-state index >= 15 is 0 Å². The summed E-state index contributed by atoms with van der Waals surface area (Å²) in [4.78, 5) is 0. The van der Waals surface area contributed by atoms with Gasteiger partial charge in [0.15, 0.2) is 0 Å². The molecule has 0 N–H and O–H groups in total. The van der Waals surface area contributed by atoms with Gasteiger partial charge in [-0.25, -0.2) is 0 Å². The van der Waals surface area contributed by atoms with Gasteiger partial charge >= 0.3 is 0 Å². The van der Waals surface area contributed by atoms with Crippen molar-refractivity contribution in [2.45, 2.75) is 83.5 Å². The molecule has 2 fully saturated rings. The molecule has 0 nitrogen and oxygen atoms in total. The molecular formula is C32H40. The van der Waals surface area contributed by atoms with Gasteiger partial charge in [0.05, 0.1) is 0 Å². The van der Waals surface area contributed by atoms with E-state index in [0.717, 1.165) is 47.6 Å². The number of rotatable bonds is 7. The minimum absolute atomic E-state index is 0.758. The van der Waals surface area contributed by atoms with Crippen molar-refractivity contribution in [2.75, 3.05) is 0 Å². The molecule has 0 bridgehead atoms. The lowest BCUT2D eigenvalue weighted by atomic mass is 9.63. The van der Waals surface area contributed by atoms with Crippen molar-refractivity contribution in [3.8, 4) is 11.8 Å². The van der Waals surface area contributed by atoms with E-state index in [1.54, 1.807) is 0 Å². The fourth-order valence-corrected chi connectivity index (χ4v) is 6.05. The maximum atomic E-state index is 3.80. The summed E-state index contributed by atoms with van der Waals surface area (Å²) in [7, 11) is 0. The first-order valence-corrected chi connectivity index (χ1v) is 13.1. The molecule has 0 saturated heterocycles. The van der Waals surface area contributed by atoms with Crippen LogP contribution in [0, 0.1) is 29.6 Å². The molecule has 2 aliphatic rings. The van der Waals surface area contributed by atoms with E-state index in [4.69, 9.17) is 0 Å². The molecule has 0 spiro atoms. The smallest absolute Gasteiger partial charge is 0.0249 e. The minimum Gasteiger partial charge on any atom is -0.103 e. The third-order valence-corrected chi connectivity index (χ3v) is 8.01. The molecule has 0 aromatic heterocycles. The van der Waals surface area contributed by atoms with Crippen molar-refractivity contribution in [1.82, 2.24) is 0 Å². The first kappa shape index (κ1) is 22.9. The Balaban J connectivity index is 1.31. The molecule has 4 rings (SSSR count). The largest absolute Gasteiger partial charge is 0.103 e. The molecule has 2 saturated carbocycles. The van der Waals surface area contributed by atoms with Crippen LogP contribution in [0.15, 0.2) is 61.2 Å². The fourth-order valence-electron chi connectivity index (χ4n) is 6.05. The lowest BCUT2D eigenvalue weighted by Crippen LogP contribution is -2.30. The monoisotopic (exact) mass is 424 g/mol. The summed E-state index contributed by atoms with van der Waals surface area (Å²) in [6.07, 6.45) is 17.0. The number of fused-ring (bicyclic) bond motifs is 1. The van der Waals surface area contributed by atoms with Gasteiger partial charge in [0.2, 0.25) is 0 Å². The van der Waals surface area contributed by atoms with Crippen LogP contribution in [-0.4, -0.2) is 0 Å². The van der Waals surface area contributed by atoms with Gasteiger partial charge in [-0.2, -0.15) is 0 Å². The fraction of sp³-hybridized carbons (Fsp3) is 0.500. The van der Waals surface area contributed by atoms with E-state index in [9.17, 15) is 0 Å². The molecule has 2 aromatic rings. The van der Waals surface area contributed by atoms with E-state index in [2.05, 4.69) is 73.9 Å². The van der Waals surface area contributed by atoms with Crippen molar-refractivity contribution in [3.05, 3.63) is 83.4 Å². The Labute approximate surface area is 196 Å². The van der Waals surface area contributed by atoms with E-state index in [1.807, 2.05) is 6.08 Å². The summed E-state index contributed by atoms with van der Waals surface area (Å²) in [5.74, 6) is 10.4. The van der Waals surface area contributed by atoms with E-state index in [0.29, 0.717) is 0 Å². The first-order chi connectivity index (χ1) is 15.7. The van der Waals surface area contributed by atoms with Crippen LogP contribution in [0.4, 0.5) is 0 Å². The molecule has 0 heteroatoms. The molecule has 4 atom stereocenters. The predicted octanol–water partition coefficient (Wildman–Crippen LogP) is 8.70. The minimum atomic E-state index is 0.758. The number of benzene rings is 2. The van der Waals surface area contributed by atoms with Crippen LogP contribution in [-0.2, 0) is 6.42 Å². The van der Waals surface area contributed by atoms with Gasteiger partial charge in [-0.3, -0.25) is 0 Å². The molecule has 2 aliphatic carbocycles. The second-order valence-corrected chi connectivity index (χ2v) is 10.2. The normalized spacial score (nSPS) is 24.8. The van der Waals surface area contributed by atoms with Gasteiger partial charge in [0.25, 0.3) is 0 Å². The summed E-state index contributed by atoms with van der Waals surface area (Å²) in [5, 5.41) is 0. The highest BCUT2D eigenvalue weighted by Gasteiger charge is 2.35. The lowest BCUT2D eigenvalue weighted by molar-refractivity contribution is 0.113. The Kier molecular flexibility index (Phi) is 8.28. The molecule has 0 radical (unpaired) electrons. The standard InChI is InChI=1S/C32H40/c1-3-5-7-25-9-11-26(12-10-25)13-14-27-15-18-29(19-16-27)31-22-21-30-23-28(8-6-4-2)17-20-32(30)24-31/h3,9-12,15-16,18-19,28,30-32H,1,4-8,17,20-24H2,2H3/t28?,30-,31-,32-/m1/s1. The highest BCUT2D eigenvalue weighted by Crippen LogP contribution is 2.48. The third-order valence-electron chi connectivity index (χ3n) is 8.01. The van der Waals surface area contributed by atoms with Crippen molar-refractivity contribution >= 4 is 0 Å². The van der Waals surface area contributed by atoms with E-state index in [-0.39, 0.29) is 0 Å². The molecule has 1 unspecified atom stereocenters. The molecule has 2 aromatic carbocycles. The maximum absolute atomic E-state index is 3.80. The lowest BCUT2D eigenvalue weighted by Gasteiger charge is -2.42. The molecule has 0 heterocycles. The molecule has 0 amide bonds. The summed E-state index contributed by atoms with van der Waals surface area (Å²) in [6, 6.07) is 17.8. The van der Waals surface area contributed by atoms with Gasteiger partial charge < -0.3 is 0 Å². The van der Waals surface area contributed by atoms with Crippen LogP contribution in [0.3, 0.4) is 0 Å². The second-order valence-electron chi connectivity index (χ2n) is 10.2. The summed E-state index contributed by atoms with van der Waals surface area (Å²) < 4.78 is 0. The van der Waals surface area contributed by atoms with Crippen LogP contribution in [0.25, 0.3) is 0 Å². The average Bonchev–Trinajstić information content (AvgIpc) is 2.85. The number of hydrogen-bond acceptors (Lipinski definition) is 0. The van der Waals surface area contributed by atoms with Gasteiger partial charge in [0.1, 0.15) is 0 Å². The van der Waals surface area contributed by atoms with Crippen LogP contribution in [0.1, 0.15) is 99.3 Å². The Morgan fingerprint density at radius 2 is 1.50 bits per heavy atom. The SMILES string of the molecule is C=CCCc1ccc(C#Cc2ccc([C@@H]3CC[C@@H]4CC(CCCC)CC[C@@H]4C3)cc2)cc1. The van der Waals surface area contributed by atoms with Gasteiger partial charge in [-0.1, -0.05) is 74.8 Å².